The molecular weight excluding hydrogens is 228 g/mol. The van der Waals surface area contributed by atoms with Crippen molar-refractivity contribution in [3.8, 4) is 0 Å². The number of para-hydroxylation sites is 1. The molecule has 4 heteroatoms. The SMILES string of the molecule is CC1(C)CC1Cn1cnc2c(C(=O)O)cccc21. The van der Waals surface area contributed by atoms with Crippen molar-refractivity contribution in [2.45, 2.75) is 26.8 Å². The van der Waals surface area contributed by atoms with Gasteiger partial charge in [0.2, 0.25) is 0 Å². The lowest BCUT2D eigenvalue weighted by molar-refractivity contribution is 0.0699. The van der Waals surface area contributed by atoms with Gasteiger partial charge in [-0.15, -0.1) is 0 Å². The van der Waals surface area contributed by atoms with Gasteiger partial charge in [-0.1, -0.05) is 19.9 Å². The van der Waals surface area contributed by atoms with E-state index in [1.165, 1.54) is 6.42 Å². The van der Waals surface area contributed by atoms with Crippen LogP contribution >= 0.6 is 0 Å². The molecule has 4 nitrogen and oxygen atoms in total. The molecule has 1 saturated carbocycles. The van der Waals surface area contributed by atoms with Crippen LogP contribution in [0.25, 0.3) is 11.0 Å². The summed E-state index contributed by atoms with van der Waals surface area (Å²) in [5.41, 5.74) is 2.20. The van der Waals surface area contributed by atoms with Crippen molar-refractivity contribution in [1.82, 2.24) is 9.55 Å². The van der Waals surface area contributed by atoms with E-state index in [0.29, 0.717) is 16.8 Å². The van der Waals surface area contributed by atoms with E-state index >= 15 is 0 Å². The number of benzene rings is 1. The third-order valence-corrected chi connectivity index (χ3v) is 4.02. The molecule has 0 aliphatic heterocycles. The molecular formula is C14H16N2O2. The van der Waals surface area contributed by atoms with Crippen molar-refractivity contribution < 1.29 is 9.90 Å². The molecule has 0 radical (unpaired) electrons. The molecule has 0 saturated heterocycles. The Morgan fingerprint density at radius 1 is 1.56 bits per heavy atom. The van der Waals surface area contributed by atoms with Crippen LogP contribution in [0.1, 0.15) is 30.6 Å². The molecule has 1 aliphatic rings. The number of hydrogen-bond donors (Lipinski definition) is 1. The molecule has 0 amide bonds. The van der Waals surface area contributed by atoms with Crippen LogP contribution in [0.3, 0.4) is 0 Å². The number of carboxylic acids is 1. The van der Waals surface area contributed by atoms with E-state index in [1.54, 1.807) is 18.5 Å². The largest absolute Gasteiger partial charge is 0.478 e. The highest BCUT2D eigenvalue weighted by Crippen LogP contribution is 2.52. The van der Waals surface area contributed by atoms with E-state index in [-0.39, 0.29) is 5.56 Å². The molecule has 2 aromatic rings. The van der Waals surface area contributed by atoms with Crippen molar-refractivity contribution in [3.05, 3.63) is 30.1 Å². The molecule has 0 spiro atoms. The first-order valence-corrected chi connectivity index (χ1v) is 6.16. The number of aromatic nitrogens is 2. The third-order valence-electron chi connectivity index (χ3n) is 4.02. The van der Waals surface area contributed by atoms with Crippen LogP contribution in [0.15, 0.2) is 24.5 Å². The van der Waals surface area contributed by atoms with Crippen LogP contribution in [0, 0.1) is 11.3 Å². The monoisotopic (exact) mass is 244 g/mol. The Morgan fingerprint density at radius 3 is 2.89 bits per heavy atom. The summed E-state index contributed by atoms with van der Waals surface area (Å²) in [5.74, 6) is -0.249. The van der Waals surface area contributed by atoms with Gasteiger partial charge in [0.05, 0.1) is 17.4 Å². The number of fused-ring (bicyclic) bond motifs is 1. The molecule has 94 valence electrons. The number of hydrogen-bond acceptors (Lipinski definition) is 2. The van der Waals surface area contributed by atoms with Gasteiger partial charge in [-0.05, 0) is 29.9 Å². The minimum Gasteiger partial charge on any atom is -0.478 e. The Hall–Kier alpha value is -1.84. The molecule has 1 fully saturated rings. The summed E-state index contributed by atoms with van der Waals surface area (Å²) < 4.78 is 2.07. The average Bonchev–Trinajstić information content (AvgIpc) is 2.72. The third kappa shape index (κ3) is 1.68. The highest BCUT2D eigenvalue weighted by molar-refractivity contribution is 6.00. The number of aromatic carboxylic acids is 1. The molecule has 1 aliphatic carbocycles. The van der Waals surface area contributed by atoms with Crippen LogP contribution in [-0.2, 0) is 6.54 Å². The van der Waals surface area contributed by atoms with Gasteiger partial charge in [0.1, 0.15) is 5.52 Å². The zero-order valence-electron chi connectivity index (χ0n) is 10.6. The molecule has 1 unspecified atom stereocenters. The second kappa shape index (κ2) is 3.57. The quantitative estimate of drug-likeness (QED) is 0.903. The first kappa shape index (κ1) is 11.3. The van der Waals surface area contributed by atoms with Gasteiger partial charge in [-0.3, -0.25) is 0 Å². The van der Waals surface area contributed by atoms with E-state index in [2.05, 4.69) is 23.4 Å². The van der Waals surface area contributed by atoms with Gasteiger partial charge in [-0.2, -0.15) is 0 Å². The maximum Gasteiger partial charge on any atom is 0.337 e. The predicted octanol–water partition coefficient (Wildman–Crippen LogP) is 2.78. The van der Waals surface area contributed by atoms with E-state index in [0.717, 1.165) is 12.1 Å². The molecule has 0 bridgehead atoms. The zero-order chi connectivity index (χ0) is 12.9. The molecule has 1 aromatic carbocycles. The minimum absolute atomic E-state index is 0.279. The van der Waals surface area contributed by atoms with Crippen molar-refractivity contribution in [1.29, 1.82) is 0 Å². The highest BCUT2D eigenvalue weighted by atomic mass is 16.4. The maximum absolute atomic E-state index is 11.1. The zero-order valence-corrected chi connectivity index (χ0v) is 10.6. The van der Waals surface area contributed by atoms with Gasteiger partial charge in [0.25, 0.3) is 0 Å². The smallest absolute Gasteiger partial charge is 0.337 e. The van der Waals surface area contributed by atoms with Crippen LogP contribution in [0.5, 0.6) is 0 Å². The average molecular weight is 244 g/mol. The molecule has 1 N–H and O–H groups in total. The van der Waals surface area contributed by atoms with Gasteiger partial charge >= 0.3 is 5.97 Å². The van der Waals surface area contributed by atoms with E-state index < -0.39 is 5.97 Å². The van der Waals surface area contributed by atoms with Crippen LogP contribution < -0.4 is 0 Å². The van der Waals surface area contributed by atoms with Gasteiger partial charge in [-0.25, -0.2) is 9.78 Å². The number of carbonyl (C=O) groups is 1. The lowest BCUT2D eigenvalue weighted by atomic mass is 10.1. The van der Waals surface area contributed by atoms with Crippen molar-refractivity contribution in [3.63, 3.8) is 0 Å². The van der Waals surface area contributed by atoms with Crippen LogP contribution in [-0.4, -0.2) is 20.6 Å². The second-order valence-electron chi connectivity index (χ2n) is 5.77. The second-order valence-corrected chi connectivity index (χ2v) is 5.77. The topological polar surface area (TPSA) is 55.1 Å². The van der Waals surface area contributed by atoms with Crippen molar-refractivity contribution in [2.75, 3.05) is 0 Å². The Bertz CT molecular complexity index is 628. The fourth-order valence-electron chi connectivity index (χ4n) is 2.53. The maximum atomic E-state index is 11.1. The standard InChI is InChI=1S/C14H16N2O2/c1-14(2)6-9(14)7-16-8-15-12-10(13(17)18)4-3-5-11(12)16/h3-5,8-9H,6-7H2,1-2H3,(H,17,18). The van der Waals surface area contributed by atoms with E-state index in [9.17, 15) is 4.79 Å². The number of nitrogens with zero attached hydrogens (tertiary/aromatic N) is 2. The van der Waals surface area contributed by atoms with Gasteiger partial charge < -0.3 is 9.67 Å². The van der Waals surface area contributed by atoms with Gasteiger partial charge in [0.15, 0.2) is 0 Å². The number of imidazole rings is 1. The number of rotatable bonds is 3. The highest BCUT2D eigenvalue weighted by Gasteiger charge is 2.45. The van der Waals surface area contributed by atoms with E-state index in [1.807, 2.05) is 6.07 Å². The molecule has 1 aromatic heterocycles. The van der Waals surface area contributed by atoms with E-state index in [4.69, 9.17) is 5.11 Å². The lowest BCUT2D eigenvalue weighted by Crippen LogP contribution is -2.03. The fraction of sp³-hybridized carbons (Fsp3) is 0.429. The minimum atomic E-state index is -0.919. The predicted molar refractivity (Wildman–Crippen MR) is 68.6 cm³/mol. The summed E-state index contributed by atoms with van der Waals surface area (Å²) in [6.07, 6.45) is 2.98. The molecule has 18 heavy (non-hydrogen) atoms. The Morgan fingerprint density at radius 2 is 2.28 bits per heavy atom. The summed E-state index contributed by atoms with van der Waals surface area (Å²) in [7, 11) is 0. The molecule has 3 rings (SSSR count). The Kier molecular flexibility index (Phi) is 2.24. The van der Waals surface area contributed by atoms with Crippen molar-refractivity contribution >= 4 is 17.0 Å². The molecule has 1 heterocycles. The Labute approximate surface area is 105 Å². The lowest BCUT2D eigenvalue weighted by Gasteiger charge is -2.06. The summed E-state index contributed by atoms with van der Waals surface area (Å²) in [4.78, 5) is 15.4. The van der Waals surface area contributed by atoms with Gasteiger partial charge in [0, 0.05) is 6.54 Å². The Balaban J connectivity index is 2.00. The normalized spacial score (nSPS) is 21.1. The first-order chi connectivity index (χ1) is 8.49. The number of carboxylic acid groups (broad SMARTS) is 1. The van der Waals surface area contributed by atoms with Crippen molar-refractivity contribution in [2.24, 2.45) is 11.3 Å². The summed E-state index contributed by atoms with van der Waals surface area (Å²) in [6, 6.07) is 5.31. The first-order valence-electron chi connectivity index (χ1n) is 6.16. The summed E-state index contributed by atoms with van der Waals surface area (Å²) in [6.45, 7) is 5.45. The summed E-state index contributed by atoms with van der Waals surface area (Å²) in [5, 5.41) is 9.12. The van der Waals surface area contributed by atoms with Crippen LogP contribution in [0.4, 0.5) is 0 Å². The summed E-state index contributed by atoms with van der Waals surface area (Å²) >= 11 is 0. The fourth-order valence-corrected chi connectivity index (χ4v) is 2.53. The molecule has 1 atom stereocenters. The van der Waals surface area contributed by atoms with Crippen LogP contribution in [0.2, 0.25) is 0 Å².